The van der Waals surface area contributed by atoms with Crippen molar-refractivity contribution < 1.29 is 9.47 Å². The third kappa shape index (κ3) is 7.81. The van der Waals surface area contributed by atoms with Crippen LogP contribution in [0.15, 0.2) is 36.4 Å². The standard InChI is InChI=1S/C17H26O2/c1-3-5-14-18-17(19-15-6-4-2)13-12-16-10-8-7-9-11-16/h7-13,17H,3-6,14-15H2,1-2H3. The van der Waals surface area contributed by atoms with Gasteiger partial charge in [0.05, 0.1) is 13.2 Å². The minimum absolute atomic E-state index is 0.224. The highest BCUT2D eigenvalue weighted by Crippen LogP contribution is 2.07. The lowest BCUT2D eigenvalue weighted by Crippen LogP contribution is -2.16. The molecule has 0 aliphatic heterocycles. The van der Waals surface area contributed by atoms with Crippen molar-refractivity contribution in [2.45, 2.75) is 45.8 Å². The van der Waals surface area contributed by atoms with Gasteiger partial charge >= 0.3 is 0 Å². The van der Waals surface area contributed by atoms with Gasteiger partial charge in [0.15, 0.2) is 6.29 Å². The van der Waals surface area contributed by atoms with Crippen molar-refractivity contribution in [1.29, 1.82) is 0 Å². The fourth-order valence-electron chi connectivity index (χ4n) is 1.60. The zero-order valence-electron chi connectivity index (χ0n) is 12.2. The van der Waals surface area contributed by atoms with Gasteiger partial charge in [-0.25, -0.2) is 0 Å². The molecule has 0 aliphatic carbocycles. The van der Waals surface area contributed by atoms with E-state index in [0.717, 1.165) is 38.9 Å². The number of benzene rings is 1. The Morgan fingerprint density at radius 1 is 0.947 bits per heavy atom. The van der Waals surface area contributed by atoms with Crippen LogP contribution in [0.5, 0.6) is 0 Å². The van der Waals surface area contributed by atoms with E-state index in [1.54, 1.807) is 0 Å². The molecule has 0 saturated heterocycles. The van der Waals surface area contributed by atoms with Crippen molar-refractivity contribution in [3.05, 3.63) is 42.0 Å². The molecule has 0 amide bonds. The topological polar surface area (TPSA) is 18.5 Å². The second-order valence-corrected chi connectivity index (χ2v) is 4.59. The van der Waals surface area contributed by atoms with Crippen LogP contribution in [-0.2, 0) is 9.47 Å². The maximum absolute atomic E-state index is 5.74. The molecule has 0 N–H and O–H groups in total. The van der Waals surface area contributed by atoms with E-state index in [1.807, 2.05) is 24.3 Å². The van der Waals surface area contributed by atoms with E-state index in [1.165, 1.54) is 5.56 Å². The monoisotopic (exact) mass is 262 g/mol. The molecule has 0 atom stereocenters. The van der Waals surface area contributed by atoms with Gasteiger partial charge in [-0.1, -0.05) is 63.1 Å². The average molecular weight is 262 g/mol. The van der Waals surface area contributed by atoms with Crippen LogP contribution >= 0.6 is 0 Å². The Hall–Kier alpha value is -1.12. The number of hydrogen-bond acceptors (Lipinski definition) is 2. The van der Waals surface area contributed by atoms with Crippen LogP contribution in [0.1, 0.15) is 45.1 Å². The zero-order chi connectivity index (χ0) is 13.8. The quantitative estimate of drug-likeness (QED) is 0.451. The van der Waals surface area contributed by atoms with Gasteiger partial charge in [0.2, 0.25) is 0 Å². The lowest BCUT2D eigenvalue weighted by Gasteiger charge is -2.15. The molecule has 0 aromatic heterocycles. The van der Waals surface area contributed by atoms with Crippen molar-refractivity contribution in [1.82, 2.24) is 0 Å². The van der Waals surface area contributed by atoms with E-state index in [2.05, 4.69) is 32.1 Å². The molecule has 0 fully saturated rings. The van der Waals surface area contributed by atoms with Crippen LogP contribution in [0.25, 0.3) is 6.08 Å². The van der Waals surface area contributed by atoms with Crippen molar-refractivity contribution in [3.8, 4) is 0 Å². The first-order valence-corrected chi connectivity index (χ1v) is 7.33. The van der Waals surface area contributed by atoms with Crippen molar-refractivity contribution in [3.63, 3.8) is 0 Å². The summed E-state index contributed by atoms with van der Waals surface area (Å²) >= 11 is 0. The van der Waals surface area contributed by atoms with Gasteiger partial charge in [-0.3, -0.25) is 0 Å². The molecule has 0 aliphatic rings. The van der Waals surface area contributed by atoms with Crippen molar-refractivity contribution >= 4 is 6.08 Å². The van der Waals surface area contributed by atoms with E-state index >= 15 is 0 Å². The van der Waals surface area contributed by atoms with E-state index in [-0.39, 0.29) is 6.29 Å². The van der Waals surface area contributed by atoms with Gasteiger partial charge in [-0.2, -0.15) is 0 Å². The predicted octanol–water partition coefficient (Wildman–Crippen LogP) is 4.66. The average Bonchev–Trinajstić information content (AvgIpc) is 2.45. The van der Waals surface area contributed by atoms with Gasteiger partial charge in [0, 0.05) is 0 Å². The molecule has 19 heavy (non-hydrogen) atoms. The molecular weight excluding hydrogens is 236 g/mol. The number of unbranched alkanes of at least 4 members (excludes halogenated alkanes) is 2. The molecule has 106 valence electrons. The fraction of sp³-hybridized carbons (Fsp3) is 0.529. The summed E-state index contributed by atoms with van der Waals surface area (Å²) < 4.78 is 11.5. The Morgan fingerprint density at radius 3 is 2.05 bits per heavy atom. The molecule has 1 aromatic carbocycles. The summed E-state index contributed by atoms with van der Waals surface area (Å²) in [5.41, 5.74) is 1.17. The first kappa shape index (κ1) is 15.9. The van der Waals surface area contributed by atoms with Crippen LogP contribution in [0.4, 0.5) is 0 Å². The van der Waals surface area contributed by atoms with Crippen LogP contribution in [0.2, 0.25) is 0 Å². The van der Waals surface area contributed by atoms with Gasteiger partial charge in [-0.15, -0.1) is 0 Å². The van der Waals surface area contributed by atoms with E-state index < -0.39 is 0 Å². The molecule has 2 heteroatoms. The minimum atomic E-state index is -0.224. The first-order chi connectivity index (χ1) is 9.36. The van der Waals surface area contributed by atoms with E-state index in [4.69, 9.17) is 9.47 Å². The van der Waals surface area contributed by atoms with Crippen molar-refractivity contribution in [2.75, 3.05) is 13.2 Å². The van der Waals surface area contributed by atoms with Crippen LogP contribution in [-0.4, -0.2) is 19.5 Å². The SMILES string of the molecule is CCCCOC(C=Cc1ccccc1)OCCCC. The summed E-state index contributed by atoms with van der Waals surface area (Å²) in [5, 5.41) is 0. The summed E-state index contributed by atoms with van der Waals surface area (Å²) in [6, 6.07) is 10.2. The third-order valence-corrected chi connectivity index (χ3v) is 2.81. The highest BCUT2D eigenvalue weighted by atomic mass is 16.7. The van der Waals surface area contributed by atoms with Crippen LogP contribution < -0.4 is 0 Å². The third-order valence-electron chi connectivity index (χ3n) is 2.81. The number of rotatable bonds is 10. The second-order valence-electron chi connectivity index (χ2n) is 4.59. The second kappa shape index (κ2) is 10.8. The summed E-state index contributed by atoms with van der Waals surface area (Å²) in [4.78, 5) is 0. The molecule has 0 bridgehead atoms. The largest absolute Gasteiger partial charge is 0.349 e. The number of ether oxygens (including phenoxy) is 2. The van der Waals surface area contributed by atoms with Gasteiger partial charge < -0.3 is 9.47 Å². The highest BCUT2D eigenvalue weighted by molar-refractivity contribution is 5.48. The van der Waals surface area contributed by atoms with E-state index in [0.29, 0.717) is 0 Å². The molecule has 0 heterocycles. The van der Waals surface area contributed by atoms with Crippen LogP contribution in [0, 0.1) is 0 Å². The Kier molecular flexibility index (Phi) is 9.03. The van der Waals surface area contributed by atoms with E-state index in [9.17, 15) is 0 Å². The Bertz CT molecular complexity index is 322. The predicted molar refractivity (Wildman–Crippen MR) is 81.0 cm³/mol. The maximum atomic E-state index is 5.74. The van der Waals surface area contributed by atoms with Crippen LogP contribution in [0.3, 0.4) is 0 Å². The summed E-state index contributed by atoms with van der Waals surface area (Å²) in [5.74, 6) is 0. The first-order valence-electron chi connectivity index (χ1n) is 7.33. The number of hydrogen-bond donors (Lipinski definition) is 0. The summed E-state index contributed by atoms with van der Waals surface area (Å²) in [7, 11) is 0. The summed E-state index contributed by atoms with van der Waals surface area (Å²) in [6.07, 6.45) is 8.27. The molecule has 2 nitrogen and oxygen atoms in total. The summed E-state index contributed by atoms with van der Waals surface area (Å²) in [6.45, 7) is 5.84. The molecule has 0 spiro atoms. The Balaban J connectivity index is 2.44. The molecule has 0 radical (unpaired) electrons. The maximum Gasteiger partial charge on any atom is 0.177 e. The van der Waals surface area contributed by atoms with Gasteiger partial charge in [0.25, 0.3) is 0 Å². The van der Waals surface area contributed by atoms with Gasteiger partial charge in [0.1, 0.15) is 0 Å². The highest BCUT2D eigenvalue weighted by Gasteiger charge is 2.04. The molecule has 0 unspecified atom stereocenters. The normalized spacial score (nSPS) is 11.5. The molecule has 1 rings (SSSR count). The zero-order valence-corrected chi connectivity index (χ0v) is 12.2. The molecular formula is C17H26O2. The minimum Gasteiger partial charge on any atom is -0.349 e. The molecule has 1 aromatic rings. The van der Waals surface area contributed by atoms with Gasteiger partial charge in [-0.05, 0) is 24.5 Å². The smallest absolute Gasteiger partial charge is 0.177 e. The Labute approximate surface area is 117 Å². The Morgan fingerprint density at radius 2 is 1.53 bits per heavy atom. The van der Waals surface area contributed by atoms with Crippen molar-refractivity contribution in [2.24, 2.45) is 0 Å². The lowest BCUT2D eigenvalue weighted by atomic mass is 10.2. The lowest BCUT2D eigenvalue weighted by molar-refractivity contribution is -0.112. The molecule has 0 saturated carbocycles. The fourth-order valence-corrected chi connectivity index (χ4v) is 1.60.